The first-order chi connectivity index (χ1) is 12.5. The molecular weight excluding hydrogens is 399 g/mol. The highest BCUT2D eigenvalue weighted by Crippen LogP contribution is 2.18. The molecule has 152 valence electrons. The maximum Gasteiger partial charge on any atom is 0.274 e. The third-order valence-electron chi connectivity index (χ3n) is 4.32. The van der Waals surface area contributed by atoms with E-state index >= 15 is 0 Å². The molecule has 0 radical (unpaired) electrons. The van der Waals surface area contributed by atoms with Crippen LogP contribution < -0.4 is 11.1 Å². The minimum atomic E-state index is -0.243. The number of carbonyl (C=O) groups excluding carboxylic acids is 1. The second-order valence-electron chi connectivity index (χ2n) is 6.85. The second kappa shape index (κ2) is 10.4. The lowest BCUT2D eigenvalue weighted by Gasteiger charge is -2.18. The fraction of sp³-hybridized carbons (Fsp3) is 0.368. The van der Waals surface area contributed by atoms with Crippen LogP contribution in [0.3, 0.4) is 0 Å². The minimum Gasteiger partial charge on any atom is -0.347 e. The summed E-state index contributed by atoms with van der Waals surface area (Å²) in [6.07, 6.45) is 2.59. The Kier molecular flexibility index (Phi) is 8.81. The van der Waals surface area contributed by atoms with Crippen LogP contribution >= 0.6 is 24.8 Å². The summed E-state index contributed by atoms with van der Waals surface area (Å²) in [6, 6.07) is 9.63. The lowest BCUT2D eigenvalue weighted by atomic mass is 10.0. The van der Waals surface area contributed by atoms with Gasteiger partial charge in [0.05, 0.1) is 16.9 Å². The number of nitrogens with one attached hydrogen (secondary N) is 1. The van der Waals surface area contributed by atoms with Crippen molar-refractivity contribution < 1.29 is 4.79 Å². The van der Waals surface area contributed by atoms with Crippen LogP contribution in [-0.2, 0) is 0 Å². The molecule has 28 heavy (non-hydrogen) atoms. The third kappa shape index (κ3) is 5.19. The molecule has 0 saturated heterocycles. The van der Waals surface area contributed by atoms with Crippen molar-refractivity contribution >= 4 is 41.6 Å². The van der Waals surface area contributed by atoms with Crippen LogP contribution in [-0.4, -0.2) is 38.5 Å². The molecule has 0 fully saturated rings. The zero-order valence-electron chi connectivity index (χ0n) is 16.1. The second-order valence-corrected chi connectivity index (χ2v) is 6.85. The Balaban J connectivity index is 0.00000196. The molecule has 1 amide bonds. The summed E-state index contributed by atoms with van der Waals surface area (Å²) in [7, 11) is 0. The molecule has 0 aliphatic rings. The summed E-state index contributed by atoms with van der Waals surface area (Å²) in [4.78, 5) is 16.9. The number of nitrogens with zero attached hydrogens (tertiary/aromatic N) is 4. The Hall–Kier alpha value is -2.22. The van der Waals surface area contributed by atoms with Crippen LogP contribution in [0.1, 0.15) is 36.5 Å². The number of carbonyl (C=O) groups is 1. The highest BCUT2D eigenvalue weighted by molar-refractivity contribution is 5.93. The summed E-state index contributed by atoms with van der Waals surface area (Å²) < 4.78 is 1.67. The summed E-state index contributed by atoms with van der Waals surface area (Å²) in [6.45, 7) is 6.44. The normalized spacial score (nSPS) is 11.6. The van der Waals surface area contributed by atoms with E-state index in [0.29, 0.717) is 23.9 Å². The number of nitrogens with two attached hydrogens (primary N) is 1. The van der Waals surface area contributed by atoms with Crippen molar-refractivity contribution in [2.45, 2.75) is 33.2 Å². The predicted octanol–water partition coefficient (Wildman–Crippen LogP) is 3.07. The Labute approximate surface area is 176 Å². The van der Waals surface area contributed by atoms with Gasteiger partial charge in [0.15, 0.2) is 5.69 Å². The Morgan fingerprint density at radius 2 is 2.00 bits per heavy atom. The predicted molar refractivity (Wildman–Crippen MR) is 116 cm³/mol. The van der Waals surface area contributed by atoms with Crippen molar-refractivity contribution in [2.24, 2.45) is 11.7 Å². The van der Waals surface area contributed by atoms with Crippen LogP contribution in [0.2, 0.25) is 0 Å². The summed E-state index contributed by atoms with van der Waals surface area (Å²) in [5.74, 6) is 0.208. The molecule has 3 N–H and O–H groups in total. The number of pyridine rings is 1. The topological polar surface area (TPSA) is 98.7 Å². The molecule has 1 unspecified atom stereocenters. The van der Waals surface area contributed by atoms with Gasteiger partial charge in [-0.1, -0.05) is 25.1 Å². The molecule has 1 aromatic carbocycles. The number of hydrogen-bond acceptors (Lipinski definition) is 5. The van der Waals surface area contributed by atoms with Gasteiger partial charge in [-0.25, -0.2) is 4.68 Å². The van der Waals surface area contributed by atoms with Gasteiger partial charge in [0.25, 0.3) is 5.91 Å². The quantitative estimate of drug-likeness (QED) is 0.633. The van der Waals surface area contributed by atoms with Gasteiger partial charge in [-0.15, -0.1) is 29.9 Å². The molecule has 0 aliphatic heterocycles. The average Bonchev–Trinajstić information content (AvgIpc) is 3.01. The molecule has 0 aliphatic carbocycles. The molecule has 9 heteroatoms. The zero-order chi connectivity index (χ0) is 18.7. The fourth-order valence-corrected chi connectivity index (χ4v) is 3.02. The van der Waals surface area contributed by atoms with Crippen molar-refractivity contribution in [1.82, 2.24) is 25.3 Å². The molecular formula is C19H26Cl2N6O. The number of rotatable bonds is 6. The van der Waals surface area contributed by atoms with E-state index < -0.39 is 0 Å². The Bertz CT molecular complexity index is 928. The zero-order valence-corrected chi connectivity index (χ0v) is 17.8. The maximum absolute atomic E-state index is 12.6. The number of hydrogen-bond donors (Lipinski definition) is 2. The average molecular weight is 425 g/mol. The molecule has 0 spiro atoms. The molecule has 2 aromatic heterocycles. The molecule has 1 atom stereocenters. The van der Waals surface area contributed by atoms with Crippen molar-refractivity contribution in [1.29, 1.82) is 0 Å². The van der Waals surface area contributed by atoms with E-state index in [1.807, 2.05) is 37.3 Å². The van der Waals surface area contributed by atoms with Gasteiger partial charge in [0.2, 0.25) is 0 Å². The first-order valence-corrected chi connectivity index (χ1v) is 8.78. The van der Waals surface area contributed by atoms with Gasteiger partial charge in [0, 0.05) is 24.2 Å². The van der Waals surface area contributed by atoms with Crippen LogP contribution in [0.15, 0.2) is 36.5 Å². The third-order valence-corrected chi connectivity index (χ3v) is 4.32. The SMILES string of the molecule is Cc1c(C(=O)NC(CN)CC(C)C)nnn1-c1ccc2ncccc2c1.Cl.Cl. The molecule has 3 rings (SSSR count). The van der Waals surface area contributed by atoms with Crippen molar-refractivity contribution in [2.75, 3.05) is 6.54 Å². The number of amides is 1. The van der Waals surface area contributed by atoms with Gasteiger partial charge < -0.3 is 11.1 Å². The van der Waals surface area contributed by atoms with Gasteiger partial charge in [-0.05, 0) is 43.5 Å². The highest BCUT2D eigenvalue weighted by atomic mass is 35.5. The maximum atomic E-state index is 12.6. The highest BCUT2D eigenvalue weighted by Gasteiger charge is 2.20. The number of aromatic nitrogens is 4. The molecule has 0 bridgehead atoms. The lowest BCUT2D eigenvalue weighted by molar-refractivity contribution is 0.0928. The first-order valence-electron chi connectivity index (χ1n) is 8.78. The minimum absolute atomic E-state index is 0. The van der Waals surface area contributed by atoms with Crippen molar-refractivity contribution in [3.63, 3.8) is 0 Å². The van der Waals surface area contributed by atoms with E-state index in [4.69, 9.17) is 5.73 Å². The van der Waals surface area contributed by atoms with Crippen molar-refractivity contribution in [3.05, 3.63) is 47.9 Å². The largest absolute Gasteiger partial charge is 0.347 e. The van der Waals surface area contributed by atoms with E-state index in [0.717, 1.165) is 23.0 Å². The Morgan fingerprint density at radius 1 is 1.25 bits per heavy atom. The van der Waals surface area contributed by atoms with E-state index in [1.165, 1.54) is 0 Å². The molecule has 0 saturated carbocycles. The van der Waals surface area contributed by atoms with Crippen LogP contribution in [0.5, 0.6) is 0 Å². The number of halogens is 2. The standard InChI is InChI=1S/C19H24N6O.2ClH/c1-12(2)9-15(11-20)22-19(26)18-13(3)25(24-23-18)16-6-7-17-14(10-16)5-4-8-21-17;;/h4-8,10,12,15H,9,11,20H2,1-3H3,(H,22,26);2*1H. The summed E-state index contributed by atoms with van der Waals surface area (Å²) in [5.41, 5.74) is 8.53. The summed E-state index contributed by atoms with van der Waals surface area (Å²) in [5, 5.41) is 12.2. The monoisotopic (exact) mass is 424 g/mol. The first kappa shape index (κ1) is 23.8. The Morgan fingerprint density at radius 3 is 2.68 bits per heavy atom. The number of fused-ring (bicyclic) bond motifs is 1. The molecule has 3 aromatic rings. The smallest absolute Gasteiger partial charge is 0.274 e. The van der Waals surface area contributed by atoms with Crippen molar-refractivity contribution in [3.8, 4) is 5.69 Å². The molecule has 2 heterocycles. The van der Waals surface area contributed by atoms with Crippen LogP contribution in [0.4, 0.5) is 0 Å². The van der Waals surface area contributed by atoms with Gasteiger partial charge in [0.1, 0.15) is 0 Å². The van der Waals surface area contributed by atoms with E-state index in [1.54, 1.807) is 10.9 Å². The number of benzene rings is 1. The fourth-order valence-electron chi connectivity index (χ4n) is 3.02. The lowest BCUT2D eigenvalue weighted by Crippen LogP contribution is -2.41. The van der Waals surface area contributed by atoms with Gasteiger partial charge in [-0.3, -0.25) is 9.78 Å². The van der Waals surface area contributed by atoms with E-state index in [-0.39, 0.29) is 36.8 Å². The van der Waals surface area contributed by atoms with Gasteiger partial charge in [-0.2, -0.15) is 0 Å². The van der Waals surface area contributed by atoms with Gasteiger partial charge >= 0.3 is 0 Å². The summed E-state index contributed by atoms with van der Waals surface area (Å²) >= 11 is 0. The van der Waals surface area contributed by atoms with E-state index in [9.17, 15) is 4.79 Å². The van der Waals surface area contributed by atoms with Crippen LogP contribution in [0, 0.1) is 12.8 Å². The van der Waals surface area contributed by atoms with Crippen LogP contribution in [0.25, 0.3) is 16.6 Å². The van der Waals surface area contributed by atoms with E-state index in [2.05, 4.69) is 34.5 Å². The molecule has 7 nitrogen and oxygen atoms in total.